The summed E-state index contributed by atoms with van der Waals surface area (Å²) in [5.41, 5.74) is -2.16. The van der Waals surface area contributed by atoms with Crippen LogP contribution in [0.3, 0.4) is 0 Å². The molecule has 0 radical (unpaired) electrons. The molecule has 2 aliphatic carbocycles. The Kier molecular flexibility index (Phi) is 8.46. The van der Waals surface area contributed by atoms with E-state index in [1.165, 1.54) is 19.9 Å². The maximum atomic E-state index is 13.5. The van der Waals surface area contributed by atoms with Gasteiger partial charge in [0.15, 0.2) is 6.10 Å². The van der Waals surface area contributed by atoms with Gasteiger partial charge in [0.1, 0.15) is 23.9 Å². The van der Waals surface area contributed by atoms with Crippen molar-refractivity contribution in [3.8, 4) is 0 Å². The molecule has 44 heavy (non-hydrogen) atoms. The SMILES string of the molecule is CC(=O)O[C@H]1C[C@@H](C)[C@]23OC(C)(C)[C@H](C[C@H](OC(=O)C=Cc4ccccc4)[C@]2(C)[C@H]1OC(C)=O)[C@H]3OC(=O)c1ccccc1. The molecule has 9 heteroatoms. The quantitative estimate of drug-likeness (QED) is 0.236. The summed E-state index contributed by atoms with van der Waals surface area (Å²) in [6, 6.07) is 18.1. The molecule has 0 unspecified atom stereocenters. The molecule has 0 amide bonds. The fourth-order valence-corrected chi connectivity index (χ4v) is 7.84. The molecule has 3 fully saturated rings. The van der Waals surface area contributed by atoms with Crippen LogP contribution in [0, 0.1) is 17.3 Å². The molecule has 2 bridgehead atoms. The van der Waals surface area contributed by atoms with Crippen LogP contribution in [0.15, 0.2) is 66.7 Å². The fraction of sp³-hybridized carbons (Fsp3) is 0.486. The Morgan fingerprint density at radius 3 is 2.02 bits per heavy atom. The molecular weight excluding hydrogens is 564 g/mol. The molecule has 3 aliphatic rings. The summed E-state index contributed by atoms with van der Waals surface area (Å²) in [4.78, 5) is 51.8. The molecule has 2 aromatic rings. The standard InChI is InChI=1S/C35H40O9/c1-21-19-27(40-22(2)36)31(41-23(3)37)34(6)28(42-29(38)18-17-24-13-9-7-10-14-24)20-26-30(35(21,34)44-33(26,4)5)43-32(39)25-15-11-8-12-16-25/h7-18,21,26-28,30-31H,19-20H2,1-6H3/t21-,26-,27+,28+,30-,31+,34-,35-/m1/s1. The predicted molar refractivity (Wildman–Crippen MR) is 160 cm³/mol. The maximum Gasteiger partial charge on any atom is 0.338 e. The molecule has 0 N–H and O–H groups in total. The lowest BCUT2D eigenvalue weighted by atomic mass is 9.48. The van der Waals surface area contributed by atoms with E-state index in [0.717, 1.165) is 5.56 Å². The number of ether oxygens (including phenoxy) is 5. The molecule has 1 spiro atoms. The summed E-state index contributed by atoms with van der Waals surface area (Å²) in [6.45, 7) is 10.2. The first kappa shape index (κ1) is 31.4. The minimum absolute atomic E-state index is 0.250. The minimum Gasteiger partial charge on any atom is -0.459 e. The Morgan fingerprint density at radius 2 is 1.41 bits per heavy atom. The third kappa shape index (κ3) is 5.42. The van der Waals surface area contributed by atoms with E-state index in [0.29, 0.717) is 5.56 Å². The number of rotatable bonds is 7. The molecule has 2 saturated carbocycles. The summed E-state index contributed by atoms with van der Waals surface area (Å²) in [7, 11) is 0. The number of carbonyl (C=O) groups is 4. The van der Waals surface area contributed by atoms with Crippen molar-refractivity contribution >= 4 is 30.0 Å². The Hall–Kier alpha value is -3.98. The van der Waals surface area contributed by atoms with Gasteiger partial charge in [-0.05, 0) is 63.3 Å². The van der Waals surface area contributed by atoms with Crippen LogP contribution in [0.2, 0.25) is 0 Å². The van der Waals surface area contributed by atoms with Crippen molar-refractivity contribution in [3.05, 3.63) is 77.9 Å². The third-order valence-electron chi connectivity index (χ3n) is 9.66. The first-order valence-electron chi connectivity index (χ1n) is 15.0. The number of esters is 4. The normalized spacial score (nSPS) is 33.6. The molecule has 0 aromatic heterocycles. The van der Waals surface area contributed by atoms with E-state index < -0.39 is 64.9 Å². The average Bonchev–Trinajstić information content (AvgIpc) is 3.15. The molecule has 8 atom stereocenters. The smallest absolute Gasteiger partial charge is 0.338 e. The first-order valence-corrected chi connectivity index (χ1v) is 15.0. The number of fused-ring (bicyclic) bond motifs is 1. The van der Waals surface area contributed by atoms with Gasteiger partial charge in [0, 0.05) is 25.8 Å². The third-order valence-corrected chi connectivity index (χ3v) is 9.66. The van der Waals surface area contributed by atoms with Crippen molar-refractivity contribution in [1.29, 1.82) is 0 Å². The number of hydrogen-bond donors (Lipinski definition) is 0. The van der Waals surface area contributed by atoms with E-state index in [1.54, 1.807) is 30.3 Å². The second kappa shape index (κ2) is 11.8. The van der Waals surface area contributed by atoms with E-state index in [-0.39, 0.29) is 24.7 Å². The van der Waals surface area contributed by atoms with Gasteiger partial charge in [-0.2, -0.15) is 0 Å². The maximum absolute atomic E-state index is 13.5. The van der Waals surface area contributed by atoms with E-state index in [2.05, 4.69) is 0 Å². The molecule has 234 valence electrons. The van der Waals surface area contributed by atoms with Crippen LogP contribution in [0.4, 0.5) is 0 Å². The van der Waals surface area contributed by atoms with Gasteiger partial charge >= 0.3 is 23.9 Å². The van der Waals surface area contributed by atoms with Gasteiger partial charge in [0.05, 0.1) is 16.6 Å². The van der Waals surface area contributed by atoms with Crippen molar-refractivity contribution in [2.75, 3.05) is 0 Å². The highest BCUT2D eigenvalue weighted by Crippen LogP contribution is 2.68. The number of carbonyl (C=O) groups excluding carboxylic acids is 4. The lowest BCUT2D eigenvalue weighted by molar-refractivity contribution is -0.304. The molecule has 1 saturated heterocycles. The zero-order valence-corrected chi connectivity index (χ0v) is 26.0. The zero-order valence-electron chi connectivity index (χ0n) is 26.0. The van der Waals surface area contributed by atoms with Crippen LogP contribution in [-0.4, -0.2) is 59.5 Å². The van der Waals surface area contributed by atoms with Gasteiger partial charge < -0.3 is 23.7 Å². The predicted octanol–water partition coefficient (Wildman–Crippen LogP) is 5.31. The Balaban J connectivity index is 1.61. The van der Waals surface area contributed by atoms with E-state index in [1.807, 2.05) is 64.1 Å². The van der Waals surface area contributed by atoms with Crippen LogP contribution in [0.1, 0.15) is 70.3 Å². The van der Waals surface area contributed by atoms with E-state index in [9.17, 15) is 19.2 Å². The molecule has 1 heterocycles. The van der Waals surface area contributed by atoms with Crippen LogP contribution >= 0.6 is 0 Å². The van der Waals surface area contributed by atoms with Gasteiger partial charge in [-0.1, -0.05) is 55.5 Å². The highest BCUT2D eigenvalue weighted by Gasteiger charge is 2.80. The first-order chi connectivity index (χ1) is 20.8. The summed E-state index contributed by atoms with van der Waals surface area (Å²) < 4.78 is 31.3. The fourth-order valence-electron chi connectivity index (χ4n) is 7.84. The summed E-state index contributed by atoms with van der Waals surface area (Å²) in [6.07, 6.45) is -0.00419. The number of benzene rings is 2. The van der Waals surface area contributed by atoms with Gasteiger partial charge in [-0.15, -0.1) is 0 Å². The average molecular weight is 605 g/mol. The monoisotopic (exact) mass is 604 g/mol. The van der Waals surface area contributed by atoms with Crippen molar-refractivity contribution in [1.82, 2.24) is 0 Å². The summed E-state index contributed by atoms with van der Waals surface area (Å²) in [5.74, 6) is -2.97. The Labute approximate surface area is 257 Å². The van der Waals surface area contributed by atoms with Crippen LogP contribution in [0.5, 0.6) is 0 Å². The highest BCUT2D eigenvalue weighted by atomic mass is 16.6. The zero-order chi connectivity index (χ0) is 31.9. The van der Waals surface area contributed by atoms with Crippen LogP contribution in [-0.2, 0) is 38.1 Å². The minimum atomic E-state index is -1.29. The van der Waals surface area contributed by atoms with Gasteiger partial charge in [0.2, 0.25) is 0 Å². The van der Waals surface area contributed by atoms with Crippen molar-refractivity contribution in [3.63, 3.8) is 0 Å². The molecule has 2 aromatic carbocycles. The molecule has 5 rings (SSSR count). The summed E-state index contributed by atoms with van der Waals surface area (Å²) in [5, 5.41) is 0. The Bertz CT molecular complexity index is 1430. The largest absolute Gasteiger partial charge is 0.459 e. The number of hydrogen-bond acceptors (Lipinski definition) is 9. The van der Waals surface area contributed by atoms with Crippen LogP contribution < -0.4 is 0 Å². The molecule has 9 nitrogen and oxygen atoms in total. The lowest BCUT2D eigenvalue weighted by Crippen LogP contribution is -2.76. The second-order valence-electron chi connectivity index (χ2n) is 12.8. The second-order valence-corrected chi connectivity index (χ2v) is 12.8. The molecular formula is C35H40O9. The van der Waals surface area contributed by atoms with Crippen molar-refractivity contribution < 1.29 is 42.9 Å². The van der Waals surface area contributed by atoms with Crippen molar-refractivity contribution in [2.24, 2.45) is 17.3 Å². The van der Waals surface area contributed by atoms with E-state index >= 15 is 0 Å². The van der Waals surface area contributed by atoms with Crippen molar-refractivity contribution in [2.45, 2.75) is 90.0 Å². The van der Waals surface area contributed by atoms with E-state index in [4.69, 9.17) is 23.7 Å². The van der Waals surface area contributed by atoms with Gasteiger partial charge in [-0.3, -0.25) is 9.59 Å². The lowest BCUT2D eigenvalue weighted by Gasteiger charge is -2.62. The van der Waals surface area contributed by atoms with Crippen LogP contribution in [0.25, 0.3) is 6.08 Å². The highest BCUT2D eigenvalue weighted by molar-refractivity contribution is 5.89. The summed E-state index contributed by atoms with van der Waals surface area (Å²) >= 11 is 0. The van der Waals surface area contributed by atoms with Gasteiger partial charge in [0.25, 0.3) is 0 Å². The van der Waals surface area contributed by atoms with Gasteiger partial charge in [-0.25, -0.2) is 9.59 Å². The Morgan fingerprint density at radius 1 is 0.795 bits per heavy atom. The topological polar surface area (TPSA) is 114 Å². The molecule has 1 aliphatic heterocycles.